The lowest BCUT2D eigenvalue weighted by Crippen LogP contribution is -2.37. The van der Waals surface area contributed by atoms with E-state index in [1.165, 1.54) is 0 Å². The zero-order valence-electron chi connectivity index (χ0n) is 10.3. The molecule has 0 saturated carbocycles. The van der Waals surface area contributed by atoms with Crippen LogP contribution in [0.5, 0.6) is 0 Å². The van der Waals surface area contributed by atoms with Crippen molar-refractivity contribution < 1.29 is 8.42 Å². The summed E-state index contributed by atoms with van der Waals surface area (Å²) in [5.74, 6) is -0.0941. The Balaban J connectivity index is 0.00000289. The summed E-state index contributed by atoms with van der Waals surface area (Å²) in [4.78, 5) is 0. The maximum Gasteiger partial charge on any atom is 0.215 e. The lowest BCUT2D eigenvalue weighted by Gasteiger charge is -2.12. The van der Waals surface area contributed by atoms with Crippen LogP contribution in [-0.4, -0.2) is 28.1 Å². The predicted molar refractivity (Wildman–Crippen MR) is 77.8 cm³/mol. The number of rotatable bonds is 6. The van der Waals surface area contributed by atoms with Gasteiger partial charge in [-0.25, -0.2) is 13.1 Å². The Labute approximate surface area is 120 Å². The van der Waals surface area contributed by atoms with Crippen LogP contribution in [0.2, 0.25) is 5.02 Å². The number of likely N-dealkylation sites (N-methyl/N-ethyl adjacent to an activating group) is 1. The van der Waals surface area contributed by atoms with Crippen LogP contribution in [0.3, 0.4) is 0 Å². The van der Waals surface area contributed by atoms with E-state index in [0.29, 0.717) is 17.1 Å². The SMILES string of the molecule is CNC(C)CNS(=O)(=O)Cc1ccccc1Cl.Cl. The molecule has 0 aliphatic heterocycles. The van der Waals surface area contributed by atoms with Crippen molar-refractivity contribution in [3.05, 3.63) is 34.9 Å². The van der Waals surface area contributed by atoms with Crippen LogP contribution in [0, 0.1) is 0 Å². The predicted octanol–water partition coefficient (Wildman–Crippen LogP) is 1.79. The molecule has 0 fully saturated rings. The second kappa shape index (κ2) is 7.96. The van der Waals surface area contributed by atoms with Crippen molar-refractivity contribution in [2.45, 2.75) is 18.7 Å². The van der Waals surface area contributed by atoms with Crippen LogP contribution < -0.4 is 10.0 Å². The maximum absolute atomic E-state index is 11.8. The minimum atomic E-state index is -3.34. The Bertz CT molecular complexity index is 466. The zero-order chi connectivity index (χ0) is 12.9. The highest BCUT2D eigenvalue weighted by molar-refractivity contribution is 7.88. The van der Waals surface area contributed by atoms with Crippen LogP contribution >= 0.6 is 24.0 Å². The Hall–Kier alpha value is -0.330. The third-order valence-corrected chi connectivity index (χ3v) is 4.07. The summed E-state index contributed by atoms with van der Waals surface area (Å²) >= 11 is 5.92. The summed E-state index contributed by atoms with van der Waals surface area (Å²) in [6.45, 7) is 2.27. The summed E-state index contributed by atoms with van der Waals surface area (Å²) < 4.78 is 26.1. The molecule has 7 heteroatoms. The highest BCUT2D eigenvalue weighted by Gasteiger charge is 2.14. The number of halogens is 2. The second-order valence-electron chi connectivity index (χ2n) is 3.89. The van der Waals surface area contributed by atoms with Gasteiger partial charge in [0.05, 0.1) is 5.75 Å². The number of hydrogen-bond acceptors (Lipinski definition) is 3. The van der Waals surface area contributed by atoms with Crippen molar-refractivity contribution in [1.82, 2.24) is 10.0 Å². The number of benzene rings is 1. The Morgan fingerprint density at radius 3 is 2.50 bits per heavy atom. The molecule has 4 nitrogen and oxygen atoms in total. The van der Waals surface area contributed by atoms with Crippen LogP contribution in [0.25, 0.3) is 0 Å². The Morgan fingerprint density at radius 1 is 1.33 bits per heavy atom. The van der Waals surface area contributed by atoms with E-state index in [4.69, 9.17) is 11.6 Å². The molecule has 1 aromatic rings. The molecule has 104 valence electrons. The quantitative estimate of drug-likeness (QED) is 0.842. The fourth-order valence-electron chi connectivity index (χ4n) is 1.23. The minimum Gasteiger partial charge on any atom is -0.316 e. The van der Waals surface area contributed by atoms with E-state index >= 15 is 0 Å². The smallest absolute Gasteiger partial charge is 0.215 e. The van der Waals surface area contributed by atoms with Crippen LogP contribution in [0.1, 0.15) is 12.5 Å². The summed E-state index contributed by atoms with van der Waals surface area (Å²) in [7, 11) is -1.55. The van der Waals surface area contributed by atoms with Crippen LogP contribution in [0.15, 0.2) is 24.3 Å². The number of nitrogens with one attached hydrogen (secondary N) is 2. The van der Waals surface area contributed by atoms with E-state index in [1.807, 2.05) is 6.92 Å². The van der Waals surface area contributed by atoms with Crippen molar-refractivity contribution in [3.8, 4) is 0 Å². The van der Waals surface area contributed by atoms with Gasteiger partial charge in [-0.1, -0.05) is 29.8 Å². The zero-order valence-corrected chi connectivity index (χ0v) is 12.7. The number of sulfonamides is 1. The highest BCUT2D eigenvalue weighted by atomic mass is 35.5. The Morgan fingerprint density at radius 2 is 1.94 bits per heavy atom. The van der Waals surface area contributed by atoms with Gasteiger partial charge in [-0.15, -0.1) is 12.4 Å². The molecule has 0 amide bonds. The van der Waals surface area contributed by atoms with E-state index in [9.17, 15) is 8.42 Å². The molecule has 0 heterocycles. The molecule has 0 aliphatic rings. The molecule has 0 aromatic heterocycles. The molecule has 0 spiro atoms. The molecule has 0 bridgehead atoms. The van der Waals surface area contributed by atoms with E-state index in [0.717, 1.165) is 0 Å². The van der Waals surface area contributed by atoms with E-state index in [1.54, 1.807) is 31.3 Å². The molecule has 1 aromatic carbocycles. The third kappa shape index (κ3) is 6.02. The van der Waals surface area contributed by atoms with Crippen molar-refractivity contribution in [3.63, 3.8) is 0 Å². The van der Waals surface area contributed by atoms with Gasteiger partial charge in [0.15, 0.2) is 0 Å². The van der Waals surface area contributed by atoms with Gasteiger partial charge < -0.3 is 5.32 Å². The van der Waals surface area contributed by atoms with Crippen molar-refractivity contribution in [1.29, 1.82) is 0 Å². The number of hydrogen-bond donors (Lipinski definition) is 2. The van der Waals surface area contributed by atoms with Gasteiger partial charge in [0.25, 0.3) is 0 Å². The molecule has 0 radical (unpaired) electrons. The van der Waals surface area contributed by atoms with Crippen LogP contribution in [-0.2, 0) is 15.8 Å². The standard InChI is InChI=1S/C11H17ClN2O2S.ClH/c1-9(13-2)7-14-17(15,16)8-10-5-3-4-6-11(10)12;/h3-6,9,13-14H,7-8H2,1-2H3;1H. The first kappa shape index (κ1) is 17.7. The molecular weight excluding hydrogens is 295 g/mol. The van der Waals surface area contributed by atoms with Crippen LogP contribution in [0.4, 0.5) is 0 Å². The average Bonchev–Trinajstić information content (AvgIpc) is 2.29. The fourth-order valence-corrected chi connectivity index (χ4v) is 2.77. The summed E-state index contributed by atoms with van der Waals surface area (Å²) in [5.41, 5.74) is 0.610. The molecule has 2 N–H and O–H groups in total. The van der Waals surface area contributed by atoms with Crippen molar-refractivity contribution in [2.24, 2.45) is 0 Å². The van der Waals surface area contributed by atoms with Gasteiger partial charge in [-0.3, -0.25) is 0 Å². The van der Waals surface area contributed by atoms with E-state index in [2.05, 4.69) is 10.0 Å². The lowest BCUT2D eigenvalue weighted by atomic mass is 10.2. The average molecular weight is 313 g/mol. The first-order chi connectivity index (χ1) is 7.94. The molecule has 1 atom stereocenters. The minimum absolute atomic E-state index is 0. The molecule has 18 heavy (non-hydrogen) atoms. The van der Waals surface area contributed by atoms with Gasteiger partial charge in [0.1, 0.15) is 0 Å². The van der Waals surface area contributed by atoms with Gasteiger partial charge in [-0.2, -0.15) is 0 Å². The molecule has 0 saturated heterocycles. The molecular formula is C11H18Cl2N2O2S. The fraction of sp³-hybridized carbons (Fsp3) is 0.455. The summed E-state index contributed by atoms with van der Waals surface area (Å²) in [6.07, 6.45) is 0. The van der Waals surface area contributed by atoms with E-state index in [-0.39, 0.29) is 24.2 Å². The highest BCUT2D eigenvalue weighted by Crippen LogP contribution is 2.16. The lowest BCUT2D eigenvalue weighted by molar-refractivity contribution is 0.553. The Kier molecular flexibility index (Phi) is 7.82. The summed E-state index contributed by atoms with van der Waals surface area (Å²) in [5, 5.41) is 3.43. The van der Waals surface area contributed by atoms with E-state index < -0.39 is 10.0 Å². The van der Waals surface area contributed by atoms with Gasteiger partial charge in [0, 0.05) is 17.6 Å². The van der Waals surface area contributed by atoms with Crippen molar-refractivity contribution >= 4 is 34.0 Å². The largest absolute Gasteiger partial charge is 0.316 e. The van der Waals surface area contributed by atoms with Gasteiger partial charge >= 0.3 is 0 Å². The second-order valence-corrected chi connectivity index (χ2v) is 6.10. The first-order valence-corrected chi connectivity index (χ1v) is 7.35. The first-order valence-electron chi connectivity index (χ1n) is 5.32. The van der Waals surface area contributed by atoms with Gasteiger partial charge in [0.2, 0.25) is 10.0 Å². The maximum atomic E-state index is 11.8. The molecule has 1 unspecified atom stereocenters. The monoisotopic (exact) mass is 312 g/mol. The van der Waals surface area contributed by atoms with Crippen molar-refractivity contribution in [2.75, 3.05) is 13.6 Å². The van der Waals surface area contributed by atoms with Gasteiger partial charge in [-0.05, 0) is 25.6 Å². The molecule has 1 rings (SSSR count). The third-order valence-electron chi connectivity index (χ3n) is 2.41. The molecule has 0 aliphatic carbocycles. The normalized spacial score (nSPS) is 12.8. The summed E-state index contributed by atoms with van der Waals surface area (Å²) in [6, 6.07) is 7.03. The topological polar surface area (TPSA) is 58.2 Å².